The minimum Gasteiger partial charge on any atom is -0.497 e. The van der Waals surface area contributed by atoms with E-state index in [-0.39, 0.29) is 11.8 Å². The Morgan fingerprint density at radius 3 is 2.32 bits per heavy atom. The van der Waals surface area contributed by atoms with E-state index in [2.05, 4.69) is 10.6 Å². The largest absolute Gasteiger partial charge is 0.497 e. The summed E-state index contributed by atoms with van der Waals surface area (Å²) in [5, 5.41) is 5.57. The van der Waals surface area contributed by atoms with Gasteiger partial charge in [-0.3, -0.25) is 9.59 Å². The zero-order valence-corrected chi connectivity index (χ0v) is 16.4. The monoisotopic (exact) mass is 386 g/mol. The van der Waals surface area contributed by atoms with Crippen LogP contribution in [0.4, 0.5) is 0 Å². The summed E-state index contributed by atoms with van der Waals surface area (Å²) in [6, 6.07) is 12.5. The van der Waals surface area contributed by atoms with Gasteiger partial charge >= 0.3 is 0 Å². The normalized spacial score (nSPS) is 10.1. The number of amides is 2. The molecule has 0 radical (unpaired) electrons. The highest BCUT2D eigenvalue weighted by atomic mass is 16.5. The minimum atomic E-state index is -0.210. The first kappa shape index (κ1) is 21.1. The Morgan fingerprint density at radius 2 is 1.61 bits per heavy atom. The van der Waals surface area contributed by atoms with Crippen LogP contribution in [0.1, 0.15) is 22.3 Å². The molecule has 2 rings (SSSR count). The van der Waals surface area contributed by atoms with E-state index >= 15 is 0 Å². The van der Waals surface area contributed by atoms with Crippen LogP contribution in [0.15, 0.2) is 42.5 Å². The third kappa shape index (κ3) is 6.19. The van der Waals surface area contributed by atoms with Crippen molar-refractivity contribution < 1.29 is 23.8 Å². The third-order valence-corrected chi connectivity index (χ3v) is 4.15. The molecule has 2 N–H and O–H groups in total. The van der Waals surface area contributed by atoms with Crippen LogP contribution in [0.3, 0.4) is 0 Å². The van der Waals surface area contributed by atoms with Gasteiger partial charge in [-0.05, 0) is 42.3 Å². The Kier molecular flexibility index (Phi) is 8.14. The maximum absolute atomic E-state index is 12.1. The van der Waals surface area contributed by atoms with Crippen molar-refractivity contribution in [2.75, 3.05) is 34.4 Å². The molecule has 7 heteroatoms. The fourth-order valence-electron chi connectivity index (χ4n) is 2.63. The molecule has 0 bridgehead atoms. The van der Waals surface area contributed by atoms with Gasteiger partial charge in [-0.25, -0.2) is 0 Å². The molecule has 150 valence electrons. The number of aryl methyl sites for hydroxylation is 1. The van der Waals surface area contributed by atoms with E-state index < -0.39 is 0 Å². The Balaban J connectivity index is 1.70. The van der Waals surface area contributed by atoms with E-state index in [4.69, 9.17) is 14.2 Å². The first-order valence-corrected chi connectivity index (χ1v) is 8.97. The maximum atomic E-state index is 12.1. The predicted octanol–water partition coefficient (Wildman–Crippen LogP) is 2.19. The molecule has 0 saturated heterocycles. The first-order valence-electron chi connectivity index (χ1n) is 8.97. The van der Waals surface area contributed by atoms with Gasteiger partial charge in [-0.1, -0.05) is 12.1 Å². The highest BCUT2D eigenvalue weighted by molar-refractivity contribution is 5.94. The van der Waals surface area contributed by atoms with Crippen LogP contribution in [0.2, 0.25) is 0 Å². The van der Waals surface area contributed by atoms with Gasteiger partial charge in [-0.2, -0.15) is 0 Å². The molecule has 0 saturated carbocycles. The van der Waals surface area contributed by atoms with Crippen molar-refractivity contribution in [2.45, 2.75) is 12.8 Å². The second-order valence-corrected chi connectivity index (χ2v) is 6.03. The Labute approximate surface area is 165 Å². The van der Waals surface area contributed by atoms with Crippen molar-refractivity contribution in [3.8, 4) is 17.2 Å². The summed E-state index contributed by atoms with van der Waals surface area (Å²) >= 11 is 0. The Hall–Kier alpha value is -3.22. The predicted molar refractivity (Wildman–Crippen MR) is 106 cm³/mol. The molecule has 0 aliphatic heterocycles. The number of carbonyl (C=O) groups is 2. The lowest BCUT2D eigenvalue weighted by Gasteiger charge is -2.10. The van der Waals surface area contributed by atoms with Crippen LogP contribution in [0, 0.1) is 0 Å². The molecule has 0 fully saturated rings. The van der Waals surface area contributed by atoms with E-state index in [0.29, 0.717) is 48.7 Å². The average Bonchev–Trinajstić information content (AvgIpc) is 2.74. The molecule has 0 heterocycles. The van der Waals surface area contributed by atoms with Gasteiger partial charge in [0.1, 0.15) is 5.75 Å². The van der Waals surface area contributed by atoms with Crippen LogP contribution >= 0.6 is 0 Å². The number of carbonyl (C=O) groups excluding carboxylic acids is 2. The van der Waals surface area contributed by atoms with Gasteiger partial charge < -0.3 is 24.8 Å². The molecule has 2 aromatic rings. The van der Waals surface area contributed by atoms with E-state index in [0.717, 1.165) is 5.56 Å². The molecule has 2 amide bonds. The quantitative estimate of drug-likeness (QED) is 0.612. The van der Waals surface area contributed by atoms with Gasteiger partial charge in [0.05, 0.1) is 21.3 Å². The smallest absolute Gasteiger partial charge is 0.251 e. The van der Waals surface area contributed by atoms with Gasteiger partial charge in [0, 0.05) is 25.1 Å². The second-order valence-electron chi connectivity index (χ2n) is 6.03. The molecule has 7 nitrogen and oxygen atoms in total. The number of nitrogens with one attached hydrogen (secondary N) is 2. The highest BCUT2D eigenvalue weighted by Crippen LogP contribution is 2.27. The number of methoxy groups -OCH3 is 3. The summed E-state index contributed by atoms with van der Waals surface area (Å²) in [5.74, 6) is 1.63. The standard InChI is InChI=1S/C21H26N2O5/c1-26-17-6-4-5-16(14-17)21(25)23-12-11-22-20(24)10-8-15-7-9-18(27-2)19(13-15)28-3/h4-7,9,13-14H,8,10-12H2,1-3H3,(H,22,24)(H,23,25). The zero-order valence-electron chi connectivity index (χ0n) is 16.4. The molecular formula is C21H26N2O5. The summed E-state index contributed by atoms with van der Waals surface area (Å²) in [7, 11) is 4.71. The van der Waals surface area contributed by atoms with E-state index in [1.54, 1.807) is 45.6 Å². The van der Waals surface area contributed by atoms with E-state index in [1.807, 2.05) is 18.2 Å². The lowest BCUT2D eigenvalue weighted by atomic mass is 10.1. The molecule has 0 spiro atoms. The fraction of sp³-hybridized carbons (Fsp3) is 0.333. The van der Waals surface area contributed by atoms with E-state index in [9.17, 15) is 9.59 Å². The molecule has 0 unspecified atom stereocenters. The summed E-state index contributed by atoms with van der Waals surface area (Å²) in [6.45, 7) is 0.707. The van der Waals surface area contributed by atoms with Crippen molar-refractivity contribution in [3.63, 3.8) is 0 Å². The third-order valence-electron chi connectivity index (χ3n) is 4.15. The lowest BCUT2D eigenvalue weighted by Crippen LogP contribution is -2.34. The van der Waals surface area contributed by atoms with Crippen LogP contribution in [-0.4, -0.2) is 46.2 Å². The highest BCUT2D eigenvalue weighted by Gasteiger charge is 2.08. The van der Waals surface area contributed by atoms with Gasteiger partial charge in [0.25, 0.3) is 5.91 Å². The van der Waals surface area contributed by atoms with Gasteiger partial charge in [0.2, 0.25) is 5.91 Å². The topological polar surface area (TPSA) is 85.9 Å². The fourth-order valence-corrected chi connectivity index (χ4v) is 2.63. The molecular weight excluding hydrogens is 360 g/mol. The van der Waals surface area contributed by atoms with Crippen molar-refractivity contribution in [3.05, 3.63) is 53.6 Å². The number of benzene rings is 2. The minimum absolute atomic E-state index is 0.0783. The summed E-state index contributed by atoms with van der Waals surface area (Å²) in [4.78, 5) is 24.1. The molecule has 2 aromatic carbocycles. The van der Waals surface area contributed by atoms with Crippen molar-refractivity contribution in [1.82, 2.24) is 10.6 Å². The van der Waals surface area contributed by atoms with Gasteiger partial charge in [-0.15, -0.1) is 0 Å². The van der Waals surface area contributed by atoms with Crippen LogP contribution < -0.4 is 24.8 Å². The number of hydrogen-bond acceptors (Lipinski definition) is 5. The zero-order chi connectivity index (χ0) is 20.4. The number of hydrogen-bond donors (Lipinski definition) is 2. The van der Waals surface area contributed by atoms with Crippen LogP contribution in [-0.2, 0) is 11.2 Å². The van der Waals surface area contributed by atoms with Crippen molar-refractivity contribution in [2.24, 2.45) is 0 Å². The molecule has 0 aliphatic carbocycles. The van der Waals surface area contributed by atoms with Crippen molar-refractivity contribution in [1.29, 1.82) is 0 Å². The summed E-state index contributed by atoms with van der Waals surface area (Å²) < 4.78 is 15.6. The lowest BCUT2D eigenvalue weighted by molar-refractivity contribution is -0.121. The Bertz CT molecular complexity index is 807. The van der Waals surface area contributed by atoms with Crippen LogP contribution in [0.5, 0.6) is 17.2 Å². The SMILES string of the molecule is COc1cccc(C(=O)NCCNC(=O)CCc2ccc(OC)c(OC)c2)c1. The number of ether oxygens (including phenoxy) is 3. The maximum Gasteiger partial charge on any atom is 0.251 e. The Morgan fingerprint density at radius 1 is 0.857 bits per heavy atom. The molecule has 0 aromatic heterocycles. The average molecular weight is 386 g/mol. The molecule has 0 atom stereocenters. The van der Waals surface area contributed by atoms with Gasteiger partial charge in [0.15, 0.2) is 11.5 Å². The summed E-state index contributed by atoms with van der Waals surface area (Å²) in [5.41, 5.74) is 1.50. The summed E-state index contributed by atoms with van der Waals surface area (Å²) in [6.07, 6.45) is 0.932. The second kappa shape index (κ2) is 10.8. The van der Waals surface area contributed by atoms with Crippen molar-refractivity contribution >= 4 is 11.8 Å². The first-order chi connectivity index (χ1) is 13.6. The molecule has 0 aliphatic rings. The number of rotatable bonds is 10. The van der Waals surface area contributed by atoms with E-state index in [1.165, 1.54) is 0 Å². The van der Waals surface area contributed by atoms with Crippen LogP contribution in [0.25, 0.3) is 0 Å². The molecule has 28 heavy (non-hydrogen) atoms.